The Morgan fingerprint density at radius 1 is 1.22 bits per heavy atom. The van der Waals surface area contributed by atoms with Crippen molar-refractivity contribution in [1.82, 2.24) is 9.97 Å². The summed E-state index contributed by atoms with van der Waals surface area (Å²) in [6, 6.07) is 1.47. The smallest absolute Gasteiger partial charge is 0.167 e. The molecule has 2 aromatic rings. The lowest BCUT2D eigenvalue weighted by molar-refractivity contribution is 0.556. The maximum absolute atomic E-state index is 14.5. The lowest BCUT2D eigenvalue weighted by Gasteiger charge is -2.34. The average molecular weight is 354 g/mol. The first-order chi connectivity index (χ1) is 10.9. The van der Waals surface area contributed by atoms with E-state index in [0.717, 1.165) is 42.8 Å². The highest BCUT2D eigenvalue weighted by molar-refractivity contribution is 7.56. The van der Waals surface area contributed by atoms with E-state index in [1.165, 1.54) is 6.07 Å². The molecular formula is C17H22ClFN3P. The minimum atomic E-state index is -0.307. The van der Waals surface area contributed by atoms with Gasteiger partial charge in [0, 0.05) is 24.8 Å². The predicted octanol–water partition coefficient (Wildman–Crippen LogP) is 4.75. The fourth-order valence-electron chi connectivity index (χ4n) is 3.13. The number of halogens is 2. The van der Waals surface area contributed by atoms with E-state index in [4.69, 9.17) is 11.6 Å². The molecule has 1 saturated heterocycles. The summed E-state index contributed by atoms with van der Waals surface area (Å²) >= 11 is 6.42. The summed E-state index contributed by atoms with van der Waals surface area (Å²) in [6.45, 7) is 10.2. The zero-order valence-corrected chi connectivity index (χ0v) is 15.7. The van der Waals surface area contributed by atoms with Gasteiger partial charge in [0.15, 0.2) is 11.6 Å². The number of aromatic nitrogens is 2. The molecule has 23 heavy (non-hydrogen) atoms. The van der Waals surface area contributed by atoms with Crippen molar-refractivity contribution in [2.75, 3.05) is 31.3 Å². The molecule has 124 valence electrons. The second kappa shape index (κ2) is 6.49. The van der Waals surface area contributed by atoms with E-state index in [1.807, 2.05) is 13.8 Å². The number of aryl methyl sites for hydroxylation is 1. The van der Waals surface area contributed by atoms with Crippen molar-refractivity contribution >= 4 is 36.4 Å². The lowest BCUT2D eigenvalue weighted by atomic mass is 10.1. The summed E-state index contributed by atoms with van der Waals surface area (Å²) in [7, 11) is 0.0724. The van der Waals surface area contributed by atoms with Crippen LogP contribution in [-0.4, -0.2) is 42.0 Å². The maximum Gasteiger partial charge on any atom is 0.167 e. The van der Waals surface area contributed by atoms with Gasteiger partial charge in [-0.25, -0.2) is 9.37 Å². The highest BCUT2D eigenvalue weighted by atomic mass is 35.5. The van der Waals surface area contributed by atoms with Crippen molar-refractivity contribution in [3.63, 3.8) is 0 Å². The van der Waals surface area contributed by atoms with Crippen molar-refractivity contribution in [3.05, 3.63) is 28.2 Å². The third kappa shape index (κ3) is 3.16. The Hall–Kier alpha value is -0.990. The number of hydrogen-bond acceptors (Lipinski definition) is 3. The molecule has 0 amide bonds. The van der Waals surface area contributed by atoms with Crippen molar-refractivity contribution in [3.8, 4) is 0 Å². The van der Waals surface area contributed by atoms with E-state index >= 15 is 0 Å². The first-order valence-electron chi connectivity index (χ1n) is 7.92. The third-order valence-electron chi connectivity index (χ3n) is 4.80. The van der Waals surface area contributed by atoms with Gasteiger partial charge in [-0.1, -0.05) is 11.6 Å². The second-order valence-electron chi connectivity index (χ2n) is 6.48. The van der Waals surface area contributed by atoms with Crippen molar-refractivity contribution in [2.45, 2.75) is 32.3 Å². The van der Waals surface area contributed by atoms with E-state index in [9.17, 15) is 4.39 Å². The molecule has 0 aliphatic carbocycles. The molecule has 0 N–H and O–H groups in total. The van der Waals surface area contributed by atoms with E-state index in [-0.39, 0.29) is 13.7 Å². The van der Waals surface area contributed by atoms with E-state index in [1.54, 1.807) is 0 Å². The van der Waals surface area contributed by atoms with Gasteiger partial charge in [0.1, 0.15) is 5.52 Å². The Bertz CT molecular complexity index is 742. The maximum atomic E-state index is 14.5. The standard InChI is InChI=1S/C17H22ClFN3P/c1-10-11(2)20-14-9-13(19)17(21-16(14)15(10)18)22-7-5-12(6-8-22)23(3)4/h9,12H,5-8H2,1-4H3. The van der Waals surface area contributed by atoms with Crippen LogP contribution in [0.5, 0.6) is 0 Å². The van der Waals surface area contributed by atoms with Crippen LogP contribution in [0.3, 0.4) is 0 Å². The number of piperidine rings is 1. The van der Waals surface area contributed by atoms with Crippen LogP contribution in [-0.2, 0) is 0 Å². The quantitative estimate of drug-likeness (QED) is 0.729. The molecule has 0 spiro atoms. The molecule has 3 nitrogen and oxygen atoms in total. The minimum Gasteiger partial charge on any atom is -0.354 e. The van der Waals surface area contributed by atoms with Crippen molar-refractivity contribution < 1.29 is 4.39 Å². The molecule has 3 heterocycles. The Morgan fingerprint density at radius 3 is 2.48 bits per heavy atom. The van der Waals surface area contributed by atoms with Crippen molar-refractivity contribution in [1.29, 1.82) is 0 Å². The Labute approximate surface area is 143 Å². The molecule has 0 saturated carbocycles. The molecule has 3 rings (SSSR count). The largest absolute Gasteiger partial charge is 0.354 e. The molecule has 0 atom stereocenters. The van der Waals surface area contributed by atoms with Crippen LogP contribution < -0.4 is 4.90 Å². The number of hydrogen-bond donors (Lipinski definition) is 0. The highest BCUT2D eigenvalue weighted by Crippen LogP contribution is 2.40. The van der Waals surface area contributed by atoms with Crippen LogP contribution in [0, 0.1) is 19.7 Å². The summed E-state index contributed by atoms with van der Waals surface area (Å²) in [5.74, 6) is 0.109. The molecular weight excluding hydrogens is 332 g/mol. The first-order valence-corrected chi connectivity index (χ1v) is 10.6. The molecule has 0 radical (unpaired) electrons. The van der Waals surface area contributed by atoms with Crippen LogP contribution in [0.2, 0.25) is 5.02 Å². The summed E-state index contributed by atoms with van der Waals surface area (Å²) in [5.41, 5.74) is 3.63. The van der Waals surface area contributed by atoms with Crippen LogP contribution >= 0.6 is 19.5 Å². The molecule has 1 aliphatic rings. The number of fused-ring (bicyclic) bond motifs is 1. The van der Waals surface area contributed by atoms with Crippen LogP contribution in [0.4, 0.5) is 10.2 Å². The summed E-state index contributed by atoms with van der Waals surface area (Å²) in [6.07, 6.45) is 2.22. The van der Waals surface area contributed by atoms with E-state index in [0.29, 0.717) is 21.9 Å². The SMILES string of the molecule is Cc1nc2cc(F)c(N3CCC(P(C)C)CC3)nc2c(Cl)c1C. The molecule has 1 aliphatic heterocycles. The van der Waals surface area contributed by atoms with Gasteiger partial charge in [-0.3, -0.25) is 4.98 Å². The summed E-state index contributed by atoms with van der Waals surface area (Å²) in [5, 5.41) is 0.578. The topological polar surface area (TPSA) is 29.0 Å². The van der Waals surface area contributed by atoms with Crippen LogP contribution in [0.25, 0.3) is 11.0 Å². The average Bonchev–Trinajstić information content (AvgIpc) is 2.52. The number of nitrogens with zero attached hydrogens (tertiary/aromatic N) is 3. The monoisotopic (exact) mass is 353 g/mol. The number of rotatable bonds is 2. The third-order valence-corrected chi connectivity index (χ3v) is 7.24. The second-order valence-corrected chi connectivity index (χ2v) is 9.52. The number of anilines is 1. The fraction of sp³-hybridized carbons (Fsp3) is 0.529. The van der Waals surface area contributed by atoms with Gasteiger partial charge in [-0.15, -0.1) is 7.92 Å². The first kappa shape index (κ1) is 16.9. The molecule has 6 heteroatoms. The predicted molar refractivity (Wildman–Crippen MR) is 98.0 cm³/mol. The zero-order valence-electron chi connectivity index (χ0n) is 14.0. The van der Waals surface area contributed by atoms with Crippen molar-refractivity contribution in [2.24, 2.45) is 0 Å². The summed E-state index contributed by atoms with van der Waals surface area (Å²) in [4.78, 5) is 11.0. The fourth-order valence-corrected chi connectivity index (χ4v) is 4.67. The minimum absolute atomic E-state index is 0.0724. The molecule has 1 fully saturated rings. The number of pyridine rings is 2. The van der Waals surface area contributed by atoms with Gasteiger partial charge in [0.05, 0.1) is 10.5 Å². The van der Waals surface area contributed by atoms with Gasteiger partial charge < -0.3 is 4.90 Å². The molecule has 0 bridgehead atoms. The Balaban J connectivity index is 1.97. The Morgan fingerprint density at radius 2 is 1.87 bits per heavy atom. The van der Waals surface area contributed by atoms with Crippen LogP contribution in [0.1, 0.15) is 24.1 Å². The molecule has 0 unspecified atom stereocenters. The van der Waals surface area contributed by atoms with Gasteiger partial charge in [-0.05, 0) is 51.2 Å². The lowest BCUT2D eigenvalue weighted by Crippen LogP contribution is -2.36. The van der Waals surface area contributed by atoms with Gasteiger partial charge in [-0.2, -0.15) is 0 Å². The normalized spacial score (nSPS) is 16.6. The van der Waals surface area contributed by atoms with Gasteiger partial charge in [0.25, 0.3) is 0 Å². The highest BCUT2D eigenvalue weighted by Gasteiger charge is 2.25. The summed E-state index contributed by atoms with van der Waals surface area (Å²) < 4.78 is 14.5. The molecule has 0 aromatic carbocycles. The zero-order chi connectivity index (χ0) is 16.7. The van der Waals surface area contributed by atoms with Crippen LogP contribution in [0.15, 0.2) is 6.07 Å². The van der Waals surface area contributed by atoms with E-state index < -0.39 is 0 Å². The Kier molecular flexibility index (Phi) is 4.75. The van der Waals surface area contributed by atoms with E-state index in [2.05, 4.69) is 28.2 Å². The van der Waals surface area contributed by atoms with Gasteiger partial charge in [0.2, 0.25) is 0 Å². The molecule has 2 aromatic heterocycles. The van der Waals surface area contributed by atoms with Gasteiger partial charge >= 0.3 is 0 Å².